The minimum absolute atomic E-state index is 0.00737. The molecule has 1 fully saturated rings. The highest BCUT2D eigenvalue weighted by Gasteiger charge is 2.32. The topological polar surface area (TPSA) is 115 Å². The Morgan fingerprint density at radius 1 is 1.18 bits per heavy atom. The van der Waals surface area contributed by atoms with E-state index >= 15 is 0 Å². The number of nitro groups is 1. The standard InChI is InChI=1S/C22H24N4O5S2/c1-3-25-19-9-6-17(26(28)29)14-20(19)32-22(25)23-21(27)16-10-12-24(13-11-16)33(30,31)18-7-4-15(2)5-8-18/h4-9,14,16H,3,10-13H2,1-2H3. The van der Waals surface area contributed by atoms with E-state index in [1.54, 1.807) is 30.3 Å². The fourth-order valence-electron chi connectivity index (χ4n) is 3.95. The first-order valence-electron chi connectivity index (χ1n) is 10.6. The molecule has 11 heteroatoms. The Morgan fingerprint density at radius 3 is 2.45 bits per heavy atom. The predicted molar refractivity (Wildman–Crippen MR) is 125 cm³/mol. The quantitative estimate of drug-likeness (QED) is 0.403. The van der Waals surface area contributed by atoms with E-state index in [-0.39, 0.29) is 35.5 Å². The first-order valence-corrected chi connectivity index (χ1v) is 12.9. The Kier molecular flexibility index (Phi) is 6.46. The summed E-state index contributed by atoms with van der Waals surface area (Å²) in [5.41, 5.74) is 1.77. The van der Waals surface area contributed by atoms with Crippen LogP contribution in [0.4, 0.5) is 5.69 Å². The summed E-state index contributed by atoms with van der Waals surface area (Å²) in [6.07, 6.45) is 0.797. The highest BCUT2D eigenvalue weighted by atomic mass is 32.2. The number of amides is 1. The molecule has 1 aliphatic rings. The van der Waals surface area contributed by atoms with Gasteiger partial charge >= 0.3 is 0 Å². The number of piperidine rings is 1. The lowest BCUT2D eigenvalue weighted by Crippen LogP contribution is -2.40. The van der Waals surface area contributed by atoms with Gasteiger partial charge in [0.25, 0.3) is 11.6 Å². The van der Waals surface area contributed by atoms with Gasteiger partial charge in [-0.05, 0) is 44.9 Å². The van der Waals surface area contributed by atoms with E-state index in [1.165, 1.54) is 27.8 Å². The minimum Gasteiger partial charge on any atom is -0.317 e. The first kappa shape index (κ1) is 23.3. The van der Waals surface area contributed by atoms with Crippen LogP contribution in [0.15, 0.2) is 52.4 Å². The summed E-state index contributed by atoms with van der Waals surface area (Å²) >= 11 is 1.24. The molecule has 4 rings (SSSR count). The molecule has 33 heavy (non-hydrogen) atoms. The van der Waals surface area contributed by atoms with Crippen molar-refractivity contribution in [2.24, 2.45) is 10.9 Å². The maximum absolute atomic E-state index is 12.9. The van der Waals surface area contributed by atoms with Crippen molar-refractivity contribution < 1.29 is 18.1 Å². The first-order chi connectivity index (χ1) is 15.7. The number of nitrogens with zero attached hydrogens (tertiary/aromatic N) is 4. The molecule has 0 spiro atoms. The van der Waals surface area contributed by atoms with Gasteiger partial charge in [0.2, 0.25) is 10.0 Å². The molecule has 2 heterocycles. The Bertz CT molecular complexity index is 1380. The lowest BCUT2D eigenvalue weighted by Gasteiger charge is -2.29. The maximum atomic E-state index is 12.9. The minimum atomic E-state index is -3.59. The van der Waals surface area contributed by atoms with E-state index in [2.05, 4.69) is 4.99 Å². The fourth-order valence-corrected chi connectivity index (χ4v) is 6.56. The van der Waals surface area contributed by atoms with Crippen molar-refractivity contribution in [3.05, 3.63) is 62.9 Å². The number of carbonyl (C=O) groups is 1. The van der Waals surface area contributed by atoms with Crippen LogP contribution in [0.5, 0.6) is 0 Å². The van der Waals surface area contributed by atoms with Gasteiger partial charge in [-0.25, -0.2) is 8.42 Å². The van der Waals surface area contributed by atoms with Crippen molar-refractivity contribution >= 4 is 43.2 Å². The average molecular weight is 489 g/mol. The molecular weight excluding hydrogens is 464 g/mol. The molecular formula is C22H24N4O5S2. The number of thiazole rings is 1. The number of non-ortho nitro benzene ring substituents is 1. The van der Waals surface area contributed by atoms with E-state index in [4.69, 9.17) is 0 Å². The number of hydrogen-bond donors (Lipinski definition) is 0. The van der Waals surface area contributed by atoms with E-state index in [0.717, 1.165) is 11.1 Å². The number of hydrogen-bond acceptors (Lipinski definition) is 6. The third-order valence-electron chi connectivity index (χ3n) is 5.86. The number of sulfonamides is 1. The molecule has 3 aromatic rings. The fraction of sp³-hybridized carbons (Fsp3) is 0.364. The summed E-state index contributed by atoms with van der Waals surface area (Å²) in [4.78, 5) is 28.6. The number of fused-ring (bicyclic) bond motifs is 1. The molecule has 174 valence electrons. The molecule has 0 aliphatic carbocycles. The van der Waals surface area contributed by atoms with Crippen LogP contribution in [0.1, 0.15) is 25.3 Å². The molecule has 1 amide bonds. The second kappa shape index (κ2) is 9.16. The van der Waals surface area contributed by atoms with Gasteiger partial charge in [-0.2, -0.15) is 9.30 Å². The van der Waals surface area contributed by atoms with Gasteiger partial charge in [0.1, 0.15) is 0 Å². The van der Waals surface area contributed by atoms with Gasteiger partial charge in [0, 0.05) is 37.7 Å². The highest BCUT2D eigenvalue weighted by Crippen LogP contribution is 2.26. The van der Waals surface area contributed by atoms with E-state index in [0.29, 0.717) is 28.9 Å². The van der Waals surface area contributed by atoms with Crippen molar-refractivity contribution in [1.82, 2.24) is 8.87 Å². The predicted octanol–water partition coefficient (Wildman–Crippen LogP) is 3.47. The largest absolute Gasteiger partial charge is 0.317 e. The summed E-state index contributed by atoms with van der Waals surface area (Å²) in [5, 5.41) is 11.1. The normalized spacial score (nSPS) is 16.4. The Labute approximate surface area is 195 Å². The monoisotopic (exact) mass is 488 g/mol. The van der Waals surface area contributed by atoms with E-state index in [9.17, 15) is 23.3 Å². The molecule has 0 atom stereocenters. The zero-order valence-electron chi connectivity index (χ0n) is 18.3. The SMILES string of the molecule is CCn1c(=NC(=O)C2CCN(S(=O)(=O)c3ccc(C)cc3)CC2)sc2cc([N+](=O)[O-])ccc21. The van der Waals surface area contributed by atoms with Crippen molar-refractivity contribution in [1.29, 1.82) is 0 Å². The molecule has 0 unspecified atom stereocenters. The zero-order valence-corrected chi connectivity index (χ0v) is 19.9. The second-order valence-electron chi connectivity index (χ2n) is 7.98. The Morgan fingerprint density at radius 2 is 1.85 bits per heavy atom. The highest BCUT2D eigenvalue weighted by molar-refractivity contribution is 7.89. The summed E-state index contributed by atoms with van der Waals surface area (Å²) in [6, 6.07) is 11.3. The summed E-state index contributed by atoms with van der Waals surface area (Å²) in [5.74, 6) is -0.648. The summed E-state index contributed by atoms with van der Waals surface area (Å²) in [6.45, 7) is 4.91. The van der Waals surface area contributed by atoms with Crippen LogP contribution in [0.2, 0.25) is 0 Å². The Balaban J connectivity index is 1.53. The lowest BCUT2D eigenvalue weighted by atomic mass is 9.98. The van der Waals surface area contributed by atoms with Gasteiger partial charge < -0.3 is 4.57 Å². The van der Waals surface area contributed by atoms with Crippen LogP contribution in [0.3, 0.4) is 0 Å². The molecule has 0 bridgehead atoms. The molecule has 1 aliphatic heterocycles. The number of benzene rings is 2. The van der Waals surface area contributed by atoms with Crippen LogP contribution in [0, 0.1) is 23.0 Å². The summed E-state index contributed by atoms with van der Waals surface area (Å²) < 4.78 is 29.8. The van der Waals surface area contributed by atoms with Crippen LogP contribution in [0.25, 0.3) is 10.2 Å². The van der Waals surface area contributed by atoms with Crippen molar-refractivity contribution in [3.63, 3.8) is 0 Å². The molecule has 9 nitrogen and oxygen atoms in total. The van der Waals surface area contributed by atoms with E-state index < -0.39 is 14.9 Å². The molecule has 0 N–H and O–H groups in total. The van der Waals surface area contributed by atoms with Gasteiger partial charge in [0.15, 0.2) is 4.80 Å². The number of nitro benzene ring substituents is 1. The third kappa shape index (κ3) is 4.61. The molecule has 1 saturated heterocycles. The van der Waals surface area contributed by atoms with Gasteiger partial charge in [-0.15, -0.1) is 0 Å². The number of aromatic nitrogens is 1. The lowest BCUT2D eigenvalue weighted by molar-refractivity contribution is -0.384. The van der Waals surface area contributed by atoms with Crippen LogP contribution in [-0.2, 0) is 21.4 Å². The van der Waals surface area contributed by atoms with Crippen molar-refractivity contribution in [2.45, 2.75) is 38.1 Å². The molecule has 2 aromatic carbocycles. The number of carbonyl (C=O) groups excluding carboxylic acids is 1. The maximum Gasteiger partial charge on any atom is 0.270 e. The van der Waals surface area contributed by atoms with Gasteiger partial charge in [-0.1, -0.05) is 29.0 Å². The molecule has 1 aromatic heterocycles. The van der Waals surface area contributed by atoms with Gasteiger partial charge in [-0.3, -0.25) is 14.9 Å². The number of aryl methyl sites for hydroxylation is 2. The smallest absolute Gasteiger partial charge is 0.270 e. The van der Waals surface area contributed by atoms with Crippen LogP contribution >= 0.6 is 11.3 Å². The molecule has 0 saturated carbocycles. The summed E-state index contributed by atoms with van der Waals surface area (Å²) in [7, 11) is -3.59. The zero-order chi connectivity index (χ0) is 23.8. The van der Waals surface area contributed by atoms with E-state index in [1.807, 2.05) is 18.4 Å². The molecule has 0 radical (unpaired) electrons. The third-order valence-corrected chi connectivity index (χ3v) is 8.82. The second-order valence-corrected chi connectivity index (χ2v) is 10.9. The average Bonchev–Trinajstić information content (AvgIpc) is 3.15. The van der Waals surface area contributed by atoms with Crippen LogP contribution < -0.4 is 4.80 Å². The van der Waals surface area contributed by atoms with Crippen LogP contribution in [-0.4, -0.2) is 41.2 Å². The van der Waals surface area contributed by atoms with Crippen molar-refractivity contribution in [3.8, 4) is 0 Å². The van der Waals surface area contributed by atoms with Gasteiger partial charge in [0.05, 0.1) is 20.0 Å². The van der Waals surface area contributed by atoms with Crippen molar-refractivity contribution in [2.75, 3.05) is 13.1 Å². The Hall–Kier alpha value is -2.89. The number of rotatable bonds is 5.